The Labute approximate surface area is 158 Å². The quantitative estimate of drug-likeness (QED) is 0.508. The molecule has 0 radical (unpaired) electrons. The van der Waals surface area contributed by atoms with Gasteiger partial charge in [-0.1, -0.05) is 30.3 Å². The average Bonchev–Trinajstić information content (AvgIpc) is 3.25. The standard InChI is InChI=1S/C20H17N3O3S/c1-11-6-7-13-17(8-11)27-19-18(13)20(25)23(22-21-19)10-14(24)16-9-12-4-2-3-5-15(12)26-16/h2-5,9,11H,6-8,10H2,1H3. The molecule has 0 amide bonds. The second-order valence-electron chi connectivity index (χ2n) is 7.16. The highest BCUT2D eigenvalue weighted by molar-refractivity contribution is 7.18. The van der Waals surface area contributed by atoms with Gasteiger partial charge >= 0.3 is 0 Å². The zero-order valence-electron chi connectivity index (χ0n) is 14.8. The van der Waals surface area contributed by atoms with E-state index >= 15 is 0 Å². The van der Waals surface area contributed by atoms with Crippen LogP contribution >= 0.6 is 11.3 Å². The SMILES string of the molecule is CC1CCc2c(sc3nnn(CC(=O)c4cc5ccccc5o4)c(=O)c23)C1. The summed E-state index contributed by atoms with van der Waals surface area (Å²) in [4.78, 5) is 27.5. The number of hydrogen-bond acceptors (Lipinski definition) is 6. The number of para-hydroxylation sites is 1. The van der Waals surface area contributed by atoms with Crippen LogP contribution in [0.25, 0.3) is 21.2 Å². The molecule has 27 heavy (non-hydrogen) atoms. The van der Waals surface area contributed by atoms with E-state index in [0.717, 1.165) is 34.9 Å². The number of Topliss-reactive ketones (excluding diaryl/α,β-unsaturated/α-hetero) is 1. The highest BCUT2D eigenvalue weighted by atomic mass is 32.1. The predicted molar refractivity (Wildman–Crippen MR) is 103 cm³/mol. The van der Waals surface area contributed by atoms with Gasteiger partial charge in [-0.05, 0) is 42.9 Å². The maximum atomic E-state index is 13.0. The number of aryl methyl sites for hydroxylation is 1. The fourth-order valence-electron chi connectivity index (χ4n) is 3.73. The fraction of sp³-hybridized carbons (Fsp3) is 0.300. The molecule has 0 spiro atoms. The van der Waals surface area contributed by atoms with Crippen LogP contribution in [0.15, 0.2) is 39.5 Å². The van der Waals surface area contributed by atoms with Crippen molar-refractivity contribution in [3.05, 3.63) is 56.9 Å². The van der Waals surface area contributed by atoms with Crippen molar-refractivity contribution < 1.29 is 9.21 Å². The Morgan fingerprint density at radius 1 is 1.37 bits per heavy atom. The van der Waals surface area contributed by atoms with Gasteiger partial charge in [-0.25, -0.2) is 4.68 Å². The van der Waals surface area contributed by atoms with Crippen LogP contribution < -0.4 is 5.56 Å². The van der Waals surface area contributed by atoms with E-state index in [4.69, 9.17) is 4.42 Å². The molecule has 3 aromatic heterocycles. The van der Waals surface area contributed by atoms with E-state index in [9.17, 15) is 9.59 Å². The van der Waals surface area contributed by atoms with E-state index < -0.39 is 0 Å². The van der Waals surface area contributed by atoms with Crippen molar-refractivity contribution in [3.8, 4) is 0 Å². The van der Waals surface area contributed by atoms with E-state index in [1.807, 2.05) is 24.3 Å². The van der Waals surface area contributed by atoms with Gasteiger partial charge in [0.25, 0.3) is 5.56 Å². The molecule has 1 aliphatic rings. The molecule has 1 atom stereocenters. The topological polar surface area (TPSA) is 78.0 Å². The van der Waals surface area contributed by atoms with Crippen molar-refractivity contribution in [2.24, 2.45) is 5.92 Å². The third kappa shape index (κ3) is 2.70. The van der Waals surface area contributed by atoms with E-state index in [1.165, 1.54) is 4.88 Å². The number of ketones is 1. The summed E-state index contributed by atoms with van der Waals surface area (Å²) in [5.74, 6) is 0.557. The number of carbonyl (C=O) groups is 1. The van der Waals surface area contributed by atoms with Gasteiger partial charge in [-0.3, -0.25) is 9.59 Å². The van der Waals surface area contributed by atoms with Crippen molar-refractivity contribution in [1.82, 2.24) is 15.0 Å². The lowest BCUT2D eigenvalue weighted by molar-refractivity contribution is 0.0939. The number of hydrogen-bond donors (Lipinski definition) is 0. The van der Waals surface area contributed by atoms with Crippen molar-refractivity contribution in [2.75, 3.05) is 0 Å². The molecule has 0 fully saturated rings. The number of aromatic nitrogens is 3. The number of rotatable bonds is 3. The zero-order valence-corrected chi connectivity index (χ0v) is 15.6. The molecule has 1 aliphatic carbocycles. The summed E-state index contributed by atoms with van der Waals surface area (Å²) in [6.07, 6.45) is 2.93. The summed E-state index contributed by atoms with van der Waals surface area (Å²) in [6.45, 7) is 2.05. The molecule has 0 bridgehead atoms. The van der Waals surface area contributed by atoms with Gasteiger partial charge < -0.3 is 4.42 Å². The smallest absolute Gasteiger partial charge is 0.279 e. The Morgan fingerprint density at radius 2 is 2.22 bits per heavy atom. The molecule has 1 unspecified atom stereocenters. The maximum Gasteiger partial charge on any atom is 0.279 e. The monoisotopic (exact) mass is 379 g/mol. The maximum absolute atomic E-state index is 13.0. The lowest BCUT2D eigenvalue weighted by atomic mass is 9.89. The van der Waals surface area contributed by atoms with Crippen molar-refractivity contribution in [3.63, 3.8) is 0 Å². The summed E-state index contributed by atoms with van der Waals surface area (Å²) >= 11 is 1.55. The van der Waals surface area contributed by atoms with Gasteiger partial charge in [0.1, 0.15) is 12.1 Å². The third-order valence-corrected chi connectivity index (χ3v) is 6.32. The molecular weight excluding hydrogens is 362 g/mol. The molecule has 0 N–H and O–H groups in total. The van der Waals surface area contributed by atoms with Crippen molar-refractivity contribution >= 4 is 38.3 Å². The van der Waals surface area contributed by atoms with Gasteiger partial charge in [-0.15, -0.1) is 16.4 Å². The van der Waals surface area contributed by atoms with Crippen LogP contribution in [0.1, 0.15) is 34.3 Å². The molecule has 6 nitrogen and oxygen atoms in total. The van der Waals surface area contributed by atoms with Crippen LogP contribution in [0.2, 0.25) is 0 Å². The number of furan rings is 1. The van der Waals surface area contributed by atoms with Crippen LogP contribution in [0.4, 0.5) is 0 Å². The van der Waals surface area contributed by atoms with Crippen LogP contribution in [0.5, 0.6) is 0 Å². The molecular formula is C20H17N3O3S. The molecule has 5 rings (SSSR count). The number of carbonyl (C=O) groups excluding carboxylic acids is 1. The molecule has 0 saturated heterocycles. The molecule has 7 heteroatoms. The van der Waals surface area contributed by atoms with Crippen LogP contribution in [-0.4, -0.2) is 20.8 Å². The van der Waals surface area contributed by atoms with Crippen LogP contribution in [0.3, 0.4) is 0 Å². The average molecular weight is 379 g/mol. The first-order valence-corrected chi connectivity index (χ1v) is 9.81. The highest BCUT2D eigenvalue weighted by Gasteiger charge is 2.24. The lowest BCUT2D eigenvalue weighted by Gasteiger charge is -2.17. The van der Waals surface area contributed by atoms with Crippen molar-refractivity contribution in [2.45, 2.75) is 32.7 Å². The Kier molecular flexibility index (Phi) is 3.72. The lowest BCUT2D eigenvalue weighted by Crippen LogP contribution is -2.28. The van der Waals surface area contributed by atoms with Crippen LogP contribution in [0, 0.1) is 5.92 Å². The minimum Gasteiger partial charge on any atom is -0.453 e. The van der Waals surface area contributed by atoms with Gasteiger partial charge in [0.15, 0.2) is 10.6 Å². The second kappa shape index (κ2) is 6.13. The zero-order chi connectivity index (χ0) is 18.5. The Balaban J connectivity index is 1.52. The normalized spacial score (nSPS) is 16.7. The Hall–Kier alpha value is -2.80. The van der Waals surface area contributed by atoms with Crippen molar-refractivity contribution in [1.29, 1.82) is 0 Å². The van der Waals surface area contributed by atoms with E-state index in [2.05, 4.69) is 17.2 Å². The second-order valence-corrected chi connectivity index (χ2v) is 8.24. The van der Waals surface area contributed by atoms with Gasteiger partial charge in [-0.2, -0.15) is 0 Å². The van der Waals surface area contributed by atoms with Gasteiger partial charge in [0.2, 0.25) is 5.78 Å². The largest absolute Gasteiger partial charge is 0.453 e. The van der Waals surface area contributed by atoms with Crippen LogP contribution in [-0.2, 0) is 19.4 Å². The fourth-order valence-corrected chi connectivity index (χ4v) is 5.05. The minimum atomic E-state index is -0.292. The molecule has 1 aromatic carbocycles. The molecule has 4 aromatic rings. The van der Waals surface area contributed by atoms with Gasteiger partial charge in [0, 0.05) is 10.3 Å². The Bertz CT molecular complexity index is 1220. The number of benzene rings is 1. The summed E-state index contributed by atoms with van der Waals surface area (Å²) < 4.78 is 6.76. The number of thiophene rings is 1. The third-order valence-electron chi connectivity index (χ3n) is 5.18. The summed E-state index contributed by atoms with van der Waals surface area (Å²) in [5, 5.41) is 9.69. The number of nitrogens with zero attached hydrogens (tertiary/aromatic N) is 3. The number of fused-ring (bicyclic) bond motifs is 4. The first kappa shape index (κ1) is 16.4. The Morgan fingerprint density at radius 3 is 3.07 bits per heavy atom. The molecule has 0 aliphatic heterocycles. The predicted octanol–water partition coefficient (Wildman–Crippen LogP) is 3.61. The van der Waals surface area contributed by atoms with E-state index in [1.54, 1.807) is 17.4 Å². The highest BCUT2D eigenvalue weighted by Crippen LogP contribution is 2.35. The minimum absolute atomic E-state index is 0.178. The van der Waals surface area contributed by atoms with E-state index in [-0.39, 0.29) is 23.6 Å². The molecule has 0 saturated carbocycles. The first-order chi connectivity index (χ1) is 13.1. The van der Waals surface area contributed by atoms with Gasteiger partial charge in [0.05, 0.1) is 5.39 Å². The molecule has 136 valence electrons. The summed E-state index contributed by atoms with van der Waals surface area (Å²) in [7, 11) is 0. The summed E-state index contributed by atoms with van der Waals surface area (Å²) in [5.41, 5.74) is 1.50. The molecule has 3 heterocycles. The summed E-state index contributed by atoms with van der Waals surface area (Å²) in [6, 6.07) is 9.12. The van der Waals surface area contributed by atoms with E-state index in [0.29, 0.717) is 21.7 Å². The first-order valence-electron chi connectivity index (χ1n) is 9.00.